The Hall–Kier alpha value is -1.16. The Morgan fingerprint density at radius 1 is 1.39 bits per heavy atom. The van der Waals surface area contributed by atoms with Crippen LogP contribution in [0.4, 0.5) is 5.82 Å². The first-order valence-corrected chi connectivity index (χ1v) is 7.01. The predicted molar refractivity (Wildman–Crippen MR) is 72.8 cm³/mol. The topological polar surface area (TPSA) is 41.0 Å². The van der Waals surface area contributed by atoms with E-state index in [1.165, 1.54) is 0 Å². The highest BCUT2D eigenvalue weighted by Gasteiger charge is 2.42. The van der Waals surface area contributed by atoms with Gasteiger partial charge in [0.15, 0.2) is 0 Å². The average molecular weight is 246 g/mol. The lowest BCUT2D eigenvalue weighted by Gasteiger charge is -2.26. The van der Waals surface area contributed by atoms with Crippen molar-refractivity contribution in [2.45, 2.75) is 33.2 Å². The van der Waals surface area contributed by atoms with Crippen molar-refractivity contribution in [1.82, 2.24) is 15.3 Å². The van der Waals surface area contributed by atoms with Crippen molar-refractivity contribution in [2.75, 3.05) is 24.5 Å². The summed E-state index contributed by atoms with van der Waals surface area (Å²) in [5.74, 6) is 3.60. The number of rotatable bonds is 2. The number of nitrogens with one attached hydrogen (secondary N) is 1. The highest BCUT2D eigenvalue weighted by Crippen LogP contribution is 2.35. The maximum absolute atomic E-state index is 4.64. The summed E-state index contributed by atoms with van der Waals surface area (Å²) >= 11 is 0. The Kier molecular flexibility index (Phi) is 2.98. The molecule has 1 N–H and O–H groups in total. The molecule has 2 saturated heterocycles. The number of fused-ring (bicyclic) bond motifs is 1. The van der Waals surface area contributed by atoms with Gasteiger partial charge in [-0.3, -0.25) is 0 Å². The second kappa shape index (κ2) is 4.50. The molecule has 4 heteroatoms. The van der Waals surface area contributed by atoms with Gasteiger partial charge in [0.25, 0.3) is 0 Å². The molecule has 0 saturated carbocycles. The Bertz CT molecular complexity index is 445. The third-order valence-electron chi connectivity index (χ3n) is 4.47. The van der Waals surface area contributed by atoms with E-state index in [9.17, 15) is 0 Å². The van der Waals surface area contributed by atoms with Gasteiger partial charge in [0.05, 0.1) is 0 Å². The second-order valence-corrected chi connectivity index (χ2v) is 5.59. The summed E-state index contributed by atoms with van der Waals surface area (Å²) in [6.45, 7) is 9.94. The van der Waals surface area contributed by atoms with Crippen molar-refractivity contribution in [1.29, 1.82) is 0 Å². The average Bonchev–Trinajstić information content (AvgIpc) is 2.92. The molecule has 1 aromatic rings. The van der Waals surface area contributed by atoms with Crippen molar-refractivity contribution >= 4 is 5.82 Å². The van der Waals surface area contributed by atoms with Gasteiger partial charge in [-0.25, -0.2) is 9.97 Å². The van der Waals surface area contributed by atoms with Gasteiger partial charge in [-0.15, -0.1) is 0 Å². The van der Waals surface area contributed by atoms with E-state index in [1.54, 1.807) is 0 Å². The van der Waals surface area contributed by atoms with Crippen LogP contribution in [0.5, 0.6) is 0 Å². The minimum atomic E-state index is 0.587. The highest BCUT2D eigenvalue weighted by molar-refractivity contribution is 5.43. The van der Waals surface area contributed by atoms with Crippen LogP contribution in [-0.4, -0.2) is 35.6 Å². The third-order valence-corrected chi connectivity index (χ3v) is 4.47. The van der Waals surface area contributed by atoms with Crippen molar-refractivity contribution < 1.29 is 0 Å². The summed E-state index contributed by atoms with van der Waals surface area (Å²) in [5.41, 5.74) is 1.15. The zero-order chi connectivity index (χ0) is 12.7. The fourth-order valence-electron chi connectivity index (χ4n) is 3.41. The number of nitrogens with zero attached hydrogens (tertiary/aromatic N) is 3. The molecule has 2 aliphatic rings. The molecule has 1 aromatic heterocycles. The molecule has 0 bridgehead atoms. The van der Waals surface area contributed by atoms with E-state index in [-0.39, 0.29) is 0 Å². The highest BCUT2D eigenvalue weighted by atomic mass is 15.3. The molecule has 3 heterocycles. The van der Waals surface area contributed by atoms with Crippen LogP contribution >= 0.6 is 0 Å². The molecular weight excluding hydrogens is 224 g/mol. The third kappa shape index (κ3) is 1.88. The van der Waals surface area contributed by atoms with Crippen molar-refractivity contribution in [2.24, 2.45) is 11.8 Å². The van der Waals surface area contributed by atoms with Crippen molar-refractivity contribution in [3.63, 3.8) is 0 Å². The van der Waals surface area contributed by atoms with Crippen LogP contribution in [-0.2, 0) is 6.42 Å². The molecule has 3 rings (SSSR count). The van der Waals surface area contributed by atoms with Crippen molar-refractivity contribution in [3.8, 4) is 0 Å². The van der Waals surface area contributed by atoms with E-state index < -0.39 is 0 Å². The minimum absolute atomic E-state index is 0.587. The van der Waals surface area contributed by atoms with Gasteiger partial charge in [0.1, 0.15) is 11.6 Å². The van der Waals surface area contributed by atoms with E-state index in [1.807, 2.05) is 6.92 Å². The van der Waals surface area contributed by atoms with Crippen LogP contribution in [0.2, 0.25) is 0 Å². The summed E-state index contributed by atoms with van der Waals surface area (Å²) < 4.78 is 0. The summed E-state index contributed by atoms with van der Waals surface area (Å²) in [4.78, 5) is 11.6. The molecule has 4 nitrogen and oxygen atoms in total. The van der Waals surface area contributed by atoms with Crippen molar-refractivity contribution in [3.05, 3.63) is 17.6 Å². The SMILES string of the molecule is CCc1cc(N2CC3CNCC3C2C)nc(C)n1. The van der Waals surface area contributed by atoms with Gasteiger partial charge in [0, 0.05) is 37.4 Å². The molecule has 0 radical (unpaired) electrons. The fraction of sp³-hybridized carbons (Fsp3) is 0.714. The largest absolute Gasteiger partial charge is 0.353 e. The maximum atomic E-state index is 4.64. The minimum Gasteiger partial charge on any atom is -0.353 e. The van der Waals surface area contributed by atoms with E-state index in [0.29, 0.717) is 6.04 Å². The number of aromatic nitrogens is 2. The smallest absolute Gasteiger partial charge is 0.132 e. The van der Waals surface area contributed by atoms with Crippen LogP contribution in [0.25, 0.3) is 0 Å². The fourth-order valence-corrected chi connectivity index (χ4v) is 3.41. The summed E-state index contributed by atoms with van der Waals surface area (Å²) in [6, 6.07) is 2.75. The maximum Gasteiger partial charge on any atom is 0.132 e. The molecule has 0 spiro atoms. The number of anilines is 1. The number of aryl methyl sites for hydroxylation is 2. The molecule has 2 aliphatic heterocycles. The van der Waals surface area contributed by atoms with Gasteiger partial charge in [0.2, 0.25) is 0 Å². The lowest BCUT2D eigenvalue weighted by atomic mass is 9.95. The Morgan fingerprint density at radius 2 is 2.22 bits per heavy atom. The van der Waals surface area contributed by atoms with E-state index in [2.05, 4.69) is 40.1 Å². The molecule has 98 valence electrons. The molecular formula is C14H22N4. The summed E-state index contributed by atoms with van der Waals surface area (Å²) in [5, 5.41) is 3.50. The zero-order valence-corrected chi connectivity index (χ0v) is 11.5. The van der Waals surface area contributed by atoms with Gasteiger partial charge in [-0.2, -0.15) is 0 Å². The Balaban J connectivity index is 1.89. The first kappa shape index (κ1) is 11.9. The Labute approximate surface area is 109 Å². The van der Waals surface area contributed by atoms with Crippen LogP contribution in [0.1, 0.15) is 25.4 Å². The first-order chi connectivity index (χ1) is 8.69. The van der Waals surface area contributed by atoms with E-state index in [4.69, 9.17) is 0 Å². The number of hydrogen-bond donors (Lipinski definition) is 1. The summed E-state index contributed by atoms with van der Waals surface area (Å²) in [6.07, 6.45) is 0.979. The molecule has 2 fully saturated rings. The molecule has 0 amide bonds. The molecule has 3 unspecified atom stereocenters. The van der Waals surface area contributed by atoms with Gasteiger partial charge >= 0.3 is 0 Å². The molecule has 18 heavy (non-hydrogen) atoms. The number of hydrogen-bond acceptors (Lipinski definition) is 4. The molecule has 3 atom stereocenters. The van der Waals surface area contributed by atoms with Crippen LogP contribution < -0.4 is 10.2 Å². The monoisotopic (exact) mass is 246 g/mol. The second-order valence-electron chi connectivity index (χ2n) is 5.59. The summed E-state index contributed by atoms with van der Waals surface area (Å²) in [7, 11) is 0. The van der Waals surface area contributed by atoms with Gasteiger partial charge in [-0.1, -0.05) is 6.92 Å². The molecule has 0 aliphatic carbocycles. The van der Waals surface area contributed by atoms with Crippen LogP contribution in [0, 0.1) is 18.8 Å². The van der Waals surface area contributed by atoms with E-state index in [0.717, 1.165) is 55.2 Å². The normalized spacial score (nSPS) is 30.8. The van der Waals surface area contributed by atoms with E-state index >= 15 is 0 Å². The van der Waals surface area contributed by atoms with Crippen LogP contribution in [0.15, 0.2) is 6.07 Å². The quantitative estimate of drug-likeness (QED) is 0.856. The van der Waals surface area contributed by atoms with Gasteiger partial charge < -0.3 is 10.2 Å². The van der Waals surface area contributed by atoms with Gasteiger partial charge in [-0.05, 0) is 32.1 Å². The Morgan fingerprint density at radius 3 is 2.94 bits per heavy atom. The zero-order valence-electron chi connectivity index (χ0n) is 11.5. The lowest BCUT2D eigenvalue weighted by molar-refractivity contribution is 0.471. The lowest BCUT2D eigenvalue weighted by Crippen LogP contribution is -2.34. The first-order valence-electron chi connectivity index (χ1n) is 7.01. The van der Waals surface area contributed by atoms with Crippen LogP contribution in [0.3, 0.4) is 0 Å². The molecule has 0 aromatic carbocycles. The predicted octanol–water partition coefficient (Wildman–Crippen LogP) is 1.39. The standard InChI is InChI=1S/C14H22N4/c1-4-12-5-14(17-10(3)16-12)18-8-11-6-15-7-13(11)9(18)2/h5,9,11,13,15H,4,6-8H2,1-3H3.